The number of phenols is 1. The highest BCUT2D eigenvalue weighted by Crippen LogP contribution is 2.51. The number of rotatable bonds is 8. The van der Waals surface area contributed by atoms with Crippen molar-refractivity contribution in [1.82, 2.24) is 20.2 Å². The number of aromatic hydroxyl groups is 1. The van der Waals surface area contributed by atoms with Gasteiger partial charge in [0.15, 0.2) is 5.82 Å². The summed E-state index contributed by atoms with van der Waals surface area (Å²) in [5.41, 5.74) is 1.72. The molecule has 4 aliphatic heterocycles. The summed E-state index contributed by atoms with van der Waals surface area (Å²) in [6.45, 7) is 4.89. The third-order valence-corrected chi connectivity index (χ3v) is 12.1. The normalized spacial score (nSPS) is 26.9. The largest absolute Gasteiger partial charge is 0.508 e. The van der Waals surface area contributed by atoms with Gasteiger partial charge in [0, 0.05) is 66.6 Å². The first kappa shape index (κ1) is 30.8. The number of aromatic nitrogens is 2. The zero-order valence-corrected chi connectivity index (χ0v) is 28.1. The molecule has 10 heteroatoms. The minimum Gasteiger partial charge on any atom is -0.508 e. The van der Waals surface area contributed by atoms with Gasteiger partial charge in [0.1, 0.15) is 22.9 Å². The van der Waals surface area contributed by atoms with E-state index in [1.807, 2.05) is 6.07 Å². The van der Waals surface area contributed by atoms with E-state index in [0.717, 1.165) is 89.7 Å². The van der Waals surface area contributed by atoms with Crippen molar-refractivity contribution < 1.29 is 23.4 Å². The van der Waals surface area contributed by atoms with E-state index >= 15 is 8.78 Å². The number of phenolic OH excluding ortho intramolecular Hbond substituents is 1. The van der Waals surface area contributed by atoms with Crippen LogP contribution < -0.4 is 15.0 Å². The maximum atomic E-state index is 17.5. The Kier molecular flexibility index (Phi) is 7.07. The van der Waals surface area contributed by atoms with E-state index in [1.54, 1.807) is 6.07 Å². The molecule has 4 bridgehead atoms. The number of fused-ring (bicyclic) bond motifs is 6. The van der Waals surface area contributed by atoms with Gasteiger partial charge in [0.25, 0.3) is 0 Å². The van der Waals surface area contributed by atoms with Crippen molar-refractivity contribution in [2.75, 3.05) is 44.2 Å². The van der Waals surface area contributed by atoms with Crippen molar-refractivity contribution in [3.8, 4) is 35.2 Å². The third kappa shape index (κ3) is 5.28. The summed E-state index contributed by atoms with van der Waals surface area (Å²) in [6, 6.07) is 8.81. The molecule has 258 valence electrons. The Bertz CT molecular complexity index is 2070. The van der Waals surface area contributed by atoms with E-state index in [0.29, 0.717) is 64.0 Å². The molecule has 6 aliphatic rings. The summed E-state index contributed by atoms with van der Waals surface area (Å²) in [7, 11) is 0. The van der Waals surface area contributed by atoms with Crippen LogP contribution in [0.3, 0.4) is 0 Å². The molecule has 5 heterocycles. The lowest BCUT2D eigenvalue weighted by Crippen LogP contribution is -2.51. The summed E-state index contributed by atoms with van der Waals surface area (Å²) in [5, 5.41) is 16.1. The fourth-order valence-corrected chi connectivity index (χ4v) is 9.28. The SMILES string of the molecule is C#Cc1c(F)ccc2cc(O)cc(-c3c(C4CC4)cc4c(N5CC6CCC(C5)N6)nc(OCC5(CN6CC7CCC(C6)O7)CC5)nc4c3F)c12. The smallest absolute Gasteiger partial charge is 0.319 e. The minimum absolute atomic E-state index is 0.0269. The van der Waals surface area contributed by atoms with Crippen molar-refractivity contribution in [3.63, 3.8) is 0 Å². The number of nitrogens with one attached hydrogen (secondary N) is 1. The second kappa shape index (κ2) is 11.5. The average Bonchev–Trinajstić information content (AvgIpc) is 4.04. The average molecular weight is 678 g/mol. The van der Waals surface area contributed by atoms with E-state index in [9.17, 15) is 5.11 Å². The van der Waals surface area contributed by atoms with Gasteiger partial charge in [-0.1, -0.05) is 12.0 Å². The molecule has 4 unspecified atom stereocenters. The lowest BCUT2D eigenvalue weighted by Gasteiger charge is -2.35. The Hall–Kier alpha value is -4.04. The Labute approximate surface area is 290 Å². The van der Waals surface area contributed by atoms with Crippen molar-refractivity contribution in [2.45, 2.75) is 81.6 Å². The number of morpholine rings is 1. The van der Waals surface area contributed by atoms with Gasteiger partial charge in [0.05, 0.1) is 24.4 Å². The molecule has 2 aliphatic carbocycles. The number of nitrogens with zero attached hydrogens (tertiary/aromatic N) is 4. The predicted molar refractivity (Wildman–Crippen MR) is 188 cm³/mol. The summed E-state index contributed by atoms with van der Waals surface area (Å²) in [5.74, 6) is 2.17. The van der Waals surface area contributed by atoms with Crippen LogP contribution in [0.1, 0.15) is 68.4 Å². The van der Waals surface area contributed by atoms with Crippen LogP contribution in [-0.4, -0.2) is 83.6 Å². The Morgan fingerprint density at radius 1 is 0.980 bits per heavy atom. The topological polar surface area (TPSA) is 83.0 Å². The number of benzene rings is 3. The van der Waals surface area contributed by atoms with E-state index in [-0.39, 0.29) is 34.2 Å². The molecule has 0 radical (unpaired) electrons. The summed E-state index contributed by atoms with van der Waals surface area (Å²) < 4.78 is 45.2. The first-order valence-electron chi connectivity index (χ1n) is 18.3. The number of hydrogen-bond donors (Lipinski definition) is 2. The van der Waals surface area contributed by atoms with Crippen LogP contribution in [0, 0.1) is 29.4 Å². The number of piperazine rings is 1. The zero-order chi connectivity index (χ0) is 33.7. The molecule has 0 amide bonds. The molecule has 8 nitrogen and oxygen atoms in total. The molecule has 4 aromatic rings. The van der Waals surface area contributed by atoms with Gasteiger partial charge < -0.3 is 24.8 Å². The van der Waals surface area contributed by atoms with Crippen LogP contribution in [0.15, 0.2) is 30.3 Å². The van der Waals surface area contributed by atoms with Crippen molar-refractivity contribution in [3.05, 3.63) is 53.1 Å². The van der Waals surface area contributed by atoms with E-state index in [4.69, 9.17) is 25.9 Å². The quantitative estimate of drug-likeness (QED) is 0.212. The van der Waals surface area contributed by atoms with Gasteiger partial charge in [-0.25, -0.2) is 8.78 Å². The van der Waals surface area contributed by atoms with E-state index in [1.165, 1.54) is 18.2 Å². The Morgan fingerprint density at radius 3 is 2.44 bits per heavy atom. The standard InChI is InChI=1S/C40H41F2N5O3/c1-2-29-33(41)10-5-23-13-26(48)14-31(34(23)29)35-30(22-3-4-22)15-32-37(36(35)42)44-39(45-38(32)47-16-24-6-7-25(17-47)43-24)49-21-40(11-12-40)20-46-18-27-8-9-28(19-46)50-27/h1,5,10,13-15,22,24-25,27-28,43,48H,3-4,6-9,11-12,16-21H2. The molecular formula is C40H41F2N5O3. The number of anilines is 1. The number of halogens is 2. The highest BCUT2D eigenvalue weighted by molar-refractivity contribution is 6.05. The van der Waals surface area contributed by atoms with E-state index < -0.39 is 11.6 Å². The molecule has 1 aromatic heterocycles. The summed E-state index contributed by atoms with van der Waals surface area (Å²) >= 11 is 0. The number of hydrogen-bond acceptors (Lipinski definition) is 8. The van der Waals surface area contributed by atoms with Gasteiger partial charge in [-0.2, -0.15) is 9.97 Å². The van der Waals surface area contributed by atoms with Crippen LogP contribution in [0.5, 0.6) is 11.8 Å². The van der Waals surface area contributed by atoms with E-state index in [2.05, 4.69) is 21.0 Å². The second-order valence-electron chi connectivity index (χ2n) is 15.8. The maximum Gasteiger partial charge on any atom is 0.319 e. The molecular weight excluding hydrogens is 636 g/mol. The first-order valence-corrected chi connectivity index (χ1v) is 18.3. The summed E-state index contributed by atoms with van der Waals surface area (Å²) in [4.78, 5) is 14.7. The third-order valence-electron chi connectivity index (χ3n) is 12.1. The molecule has 4 saturated heterocycles. The lowest BCUT2D eigenvalue weighted by molar-refractivity contribution is -0.0460. The van der Waals surface area contributed by atoms with Crippen LogP contribution >= 0.6 is 0 Å². The highest BCUT2D eigenvalue weighted by Gasteiger charge is 2.47. The number of terminal acetylenes is 1. The zero-order valence-electron chi connectivity index (χ0n) is 28.1. The van der Waals surface area contributed by atoms with Gasteiger partial charge in [0.2, 0.25) is 0 Å². The number of likely N-dealkylation sites (tertiary alicyclic amines) is 1. The fourth-order valence-electron chi connectivity index (χ4n) is 9.28. The van der Waals surface area contributed by atoms with Crippen molar-refractivity contribution >= 4 is 27.5 Å². The molecule has 4 atom stereocenters. The molecule has 6 fully saturated rings. The van der Waals surface area contributed by atoms with Crippen LogP contribution in [-0.2, 0) is 4.74 Å². The highest BCUT2D eigenvalue weighted by atomic mass is 19.1. The van der Waals surface area contributed by atoms with Gasteiger partial charge in [-0.3, -0.25) is 4.90 Å². The van der Waals surface area contributed by atoms with Gasteiger partial charge >= 0.3 is 6.01 Å². The Balaban J connectivity index is 1.09. The van der Waals surface area contributed by atoms with Crippen LogP contribution in [0.2, 0.25) is 0 Å². The monoisotopic (exact) mass is 677 g/mol. The minimum atomic E-state index is -0.562. The fraction of sp³-hybridized carbons (Fsp3) is 0.500. The Morgan fingerprint density at radius 2 is 1.74 bits per heavy atom. The molecule has 0 spiro atoms. The molecule has 2 N–H and O–H groups in total. The second-order valence-corrected chi connectivity index (χ2v) is 15.8. The van der Waals surface area contributed by atoms with Crippen molar-refractivity contribution in [2.24, 2.45) is 5.41 Å². The summed E-state index contributed by atoms with van der Waals surface area (Å²) in [6.07, 6.45) is 14.9. The maximum absolute atomic E-state index is 17.5. The molecule has 50 heavy (non-hydrogen) atoms. The number of ether oxygens (including phenoxy) is 2. The van der Waals surface area contributed by atoms with Gasteiger partial charge in [-0.05, 0) is 98.1 Å². The van der Waals surface area contributed by atoms with Gasteiger partial charge in [-0.15, -0.1) is 6.42 Å². The molecule has 3 aromatic carbocycles. The first-order chi connectivity index (χ1) is 24.3. The van der Waals surface area contributed by atoms with Crippen molar-refractivity contribution in [1.29, 1.82) is 0 Å². The van der Waals surface area contributed by atoms with Crippen LogP contribution in [0.25, 0.3) is 32.8 Å². The molecule has 10 rings (SSSR count). The molecule has 2 saturated carbocycles. The predicted octanol–water partition coefficient (Wildman–Crippen LogP) is 6.26. The van der Waals surface area contributed by atoms with Crippen LogP contribution in [0.4, 0.5) is 14.6 Å². The lowest BCUT2D eigenvalue weighted by atomic mass is 9.88.